The molecule has 0 aliphatic rings. The minimum Gasteiger partial charge on any atom is -0.438 e. The molecule has 0 N–H and O–H groups in total. The molecular formula is C26H18Cl2F3N5O4. The molecule has 40 heavy (non-hydrogen) atoms. The molecule has 0 bridgehead atoms. The highest BCUT2D eigenvalue weighted by Crippen LogP contribution is 2.33. The van der Waals surface area contributed by atoms with Crippen molar-refractivity contribution in [3.05, 3.63) is 103 Å². The molecule has 5 aromatic rings. The van der Waals surface area contributed by atoms with E-state index in [2.05, 4.69) is 9.97 Å². The van der Waals surface area contributed by atoms with Gasteiger partial charge in [-0.25, -0.2) is 9.78 Å². The third kappa shape index (κ3) is 5.27. The number of hydrogen-bond acceptors (Lipinski definition) is 6. The molecule has 0 saturated carbocycles. The van der Waals surface area contributed by atoms with E-state index in [0.29, 0.717) is 10.8 Å². The van der Waals surface area contributed by atoms with Gasteiger partial charge in [-0.3, -0.25) is 18.5 Å². The summed E-state index contributed by atoms with van der Waals surface area (Å²) in [6.45, 7) is -0.189. The van der Waals surface area contributed by atoms with Gasteiger partial charge in [0.05, 0.1) is 17.1 Å². The predicted octanol–water partition coefficient (Wildman–Crippen LogP) is 5.79. The number of benzene rings is 2. The summed E-state index contributed by atoms with van der Waals surface area (Å²) in [5.74, 6) is 0.780. The van der Waals surface area contributed by atoms with Crippen LogP contribution in [0.15, 0.2) is 70.4 Å². The third-order valence-electron chi connectivity index (χ3n) is 5.93. The standard InChI is InChI=1S/C26H18Cl2F3N5O4/c1-34-21-20(23(37)35(2)25(34)38)36(13-14-4-3-5-15(10-14)26(29,30)31)24(33-21)40-18-8-6-17(7-9-18)39-22-19(28)11-16(27)12-32-22/h3-12H,13H2,1-2H3. The molecule has 0 atom stereocenters. The average Bonchev–Trinajstić information content (AvgIpc) is 3.26. The number of fused-ring (bicyclic) bond motifs is 1. The predicted molar refractivity (Wildman–Crippen MR) is 142 cm³/mol. The Labute approximate surface area is 233 Å². The summed E-state index contributed by atoms with van der Waals surface area (Å²) in [5, 5.41) is 0.560. The molecule has 0 unspecified atom stereocenters. The molecule has 0 amide bonds. The van der Waals surface area contributed by atoms with Gasteiger partial charge in [0, 0.05) is 20.3 Å². The van der Waals surface area contributed by atoms with Crippen molar-refractivity contribution < 1.29 is 22.6 Å². The quantitative estimate of drug-likeness (QED) is 0.248. The minimum atomic E-state index is -4.55. The van der Waals surface area contributed by atoms with Gasteiger partial charge in [0.2, 0.25) is 5.88 Å². The van der Waals surface area contributed by atoms with Crippen molar-refractivity contribution in [3.8, 4) is 23.4 Å². The van der Waals surface area contributed by atoms with Crippen LogP contribution in [0, 0.1) is 0 Å². The molecule has 0 fully saturated rings. The molecule has 0 aliphatic heterocycles. The lowest BCUT2D eigenvalue weighted by Gasteiger charge is -2.12. The van der Waals surface area contributed by atoms with Crippen LogP contribution in [0.2, 0.25) is 10.0 Å². The molecule has 9 nitrogen and oxygen atoms in total. The fourth-order valence-electron chi connectivity index (χ4n) is 3.95. The summed E-state index contributed by atoms with van der Waals surface area (Å²) >= 11 is 12.0. The van der Waals surface area contributed by atoms with Crippen LogP contribution in [0.4, 0.5) is 13.2 Å². The third-order valence-corrected chi connectivity index (χ3v) is 6.41. The van der Waals surface area contributed by atoms with Gasteiger partial charge in [-0.15, -0.1) is 0 Å². The number of halogens is 5. The second kappa shape index (κ2) is 10.4. The fourth-order valence-corrected chi connectivity index (χ4v) is 4.37. The van der Waals surface area contributed by atoms with Crippen LogP contribution in [0.25, 0.3) is 11.2 Å². The normalized spacial score (nSPS) is 11.7. The largest absolute Gasteiger partial charge is 0.438 e. The maximum absolute atomic E-state index is 13.3. The number of ether oxygens (including phenoxy) is 2. The molecule has 0 saturated heterocycles. The molecule has 206 valence electrons. The topological polar surface area (TPSA) is 93.2 Å². The Morgan fingerprint density at radius 1 is 0.925 bits per heavy atom. The highest BCUT2D eigenvalue weighted by Gasteiger charge is 2.30. The van der Waals surface area contributed by atoms with Gasteiger partial charge in [0.25, 0.3) is 5.56 Å². The molecule has 0 spiro atoms. The number of rotatable bonds is 6. The SMILES string of the molecule is Cn1c(=O)c2c(nc(Oc3ccc(Oc4ncc(Cl)cc4Cl)cc3)n2Cc2cccc(C(F)(F)F)c2)n(C)c1=O. The van der Waals surface area contributed by atoms with Gasteiger partial charge < -0.3 is 9.47 Å². The van der Waals surface area contributed by atoms with Crippen LogP contribution < -0.4 is 20.7 Å². The zero-order chi connectivity index (χ0) is 28.8. The van der Waals surface area contributed by atoms with E-state index in [1.807, 2.05) is 0 Å². The Balaban J connectivity index is 1.53. The van der Waals surface area contributed by atoms with E-state index in [0.717, 1.165) is 21.3 Å². The van der Waals surface area contributed by atoms with Crippen molar-refractivity contribution in [1.29, 1.82) is 0 Å². The highest BCUT2D eigenvalue weighted by atomic mass is 35.5. The molecule has 0 aliphatic carbocycles. The Morgan fingerprint density at radius 3 is 2.25 bits per heavy atom. The lowest BCUT2D eigenvalue weighted by atomic mass is 10.1. The maximum atomic E-state index is 13.3. The lowest BCUT2D eigenvalue weighted by molar-refractivity contribution is -0.137. The van der Waals surface area contributed by atoms with Gasteiger partial charge >= 0.3 is 17.9 Å². The van der Waals surface area contributed by atoms with Crippen LogP contribution in [0.3, 0.4) is 0 Å². The summed E-state index contributed by atoms with van der Waals surface area (Å²) in [7, 11) is 2.73. The van der Waals surface area contributed by atoms with E-state index in [9.17, 15) is 22.8 Å². The monoisotopic (exact) mass is 591 g/mol. The Kier molecular flexibility index (Phi) is 7.06. The van der Waals surface area contributed by atoms with Crippen LogP contribution in [0.5, 0.6) is 23.4 Å². The van der Waals surface area contributed by atoms with Gasteiger partial charge in [-0.1, -0.05) is 35.3 Å². The number of imidazole rings is 1. The van der Waals surface area contributed by atoms with E-state index in [4.69, 9.17) is 32.7 Å². The molecule has 0 radical (unpaired) electrons. The first-order valence-corrected chi connectivity index (χ1v) is 12.3. The van der Waals surface area contributed by atoms with Gasteiger partial charge in [0.1, 0.15) is 16.5 Å². The second-order valence-electron chi connectivity index (χ2n) is 8.67. The Bertz CT molecular complexity index is 1860. The molecular weight excluding hydrogens is 574 g/mol. The van der Waals surface area contributed by atoms with E-state index in [-0.39, 0.29) is 45.9 Å². The number of hydrogen-bond donors (Lipinski definition) is 0. The summed E-state index contributed by atoms with van der Waals surface area (Å²) in [4.78, 5) is 34.0. The Hall–Kier alpha value is -4.29. The minimum absolute atomic E-state index is 0.0125. The zero-order valence-electron chi connectivity index (χ0n) is 20.7. The van der Waals surface area contributed by atoms with E-state index < -0.39 is 23.0 Å². The zero-order valence-corrected chi connectivity index (χ0v) is 22.3. The number of aromatic nitrogens is 5. The number of aryl methyl sites for hydroxylation is 1. The van der Waals surface area contributed by atoms with Crippen LogP contribution in [-0.2, 0) is 26.8 Å². The summed E-state index contributed by atoms with van der Waals surface area (Å²) in [6.07, 6.45) is -3.17. The summed E-state index contributed by atoms with van der Waals surface area (Å²) in [6, 6.07) is 12.3. The smallest absolute Gasteiger partial charge is 0.416 e. The van der Waals surface area contributed by atoms with Crippen molar-refractivity contribution >= 4 is 34.4 Å². The van der Waals surface area contributed by atoms with E-state index in [1.54, 1.807) is 24.3 Å². The first-order valence-electron chi connectivity index (χ1n) is 11.5. The first-order chi connectivity index (χ1) is 18.9. The molecule has 5 rings (SSSR count). The number of pyridine rings is 1. The fraction of sp³-hybridized carbons (Fsp3) is 0.154. The van der Waals surface area contributed by atoms with Gasteiger partial charge in [0.15, 0.2) is 11.2 Å². The van der Waals surface area contributed by atoms with Gasteiger partial charge in [-0.2, -0.15) is 18.2 Å². The molecule has 2 aromatic carbocycles. The molecule has 3 aromatic heterocycles. The van der Waals surface area contributed by atoms with Crippen molar-refractivity contribution in [1.82, 2.24) is 23.7 Å². The van der Waals surface area contributed by atoms with Crippen LogP contribution in [0.1, 0.15) is 11.1 Å². The molecule has 3 heterocycles. The average molecular weight is 592 g/mol. The second-order valence-corrected chi connectivity index (χ2v) is 9.52. The first kappa shape index (κ1) is 27.3. The number of nitrogens with zero attached hydrogens (tertiary/aromatic N) is 5. The summed E-state index contributed by atoms with van der Waals surface area (Å²) < 4.78 is 55.0. The van der Waals surface area contributed by atoms with E-state index >= 15 is 0 Å². The summed E-state index contributed by atoms with van der Waals surface area (Å²) in [5.41, 5.74) is -1.90. The highest BCUT2D eigenvalue weighted by molar-refractivity contribution is 6.35. The van der Waals surface area contributed by atoms with Crippen LogP contribution >= 0.6 is 23.2 Å². The van der Waals surface area contributed by atoms with Crippen molar-refractivity contribution in [2.75, 3.05) is 0 Å². The van der Waals surface area contributed by atoms with Crippen molar-refractivity contribution in [2.45, 2.75) is 12.7 Å². The van der Waals surface area contributed by atoms with Crippen molar-refractivity contribution in [3.63, 3.8) is 0 Å². The van der Waals surface area contributed by atoms with E-state index in [1.165, 1.54) is 43.1 Å². The van der Waals surface area contributed by atoms with Crippen molar-refractivity contribution in [2.24, 2.45) is 14.1 Å². The lowest BCUT2D eigenvalue weighted by Crippen LogP contribution is -2.37. The Morgan fingerprint density at radius 2 is 1.60 bits per heavy atom. The maximum Gasteiger partial charge on any atom is 0.416 e. The van der Waals surface area contributed by atoms with Crippen LogP contribution in [-0.4, -0.2) is 23.7 Å². The molecule has 14 heteroatoms. The number of alkyl halides is 3. The van der Waals surface area contributed by atoms with Gasteiger partial charge in [-0.05, 0) is 48.0 Å².